The Hall–Kier alpha value is -2.52. The Labute approximate surface area is 169 Å². The van der Waals surface area contributed by atoms with Gasteiger partial charge in [-0.25, -0.2) is 0 Å². The summed E-state index contributed by atoms with van der Waals surface area (Å²) in [4.78, 5) is 20.4. The van der Waals surface area contributed by atoms with Crippen molar-refractivity contribution in [1.29, 1.82) is 0 Å². The molecule has 1 amide bonds. The van der Waals surface area contributed by atoms with E-state index in [2.05, 4.69) is 16.9 Å². The van der Waals surface area contributed by atoms with E-state index in [1.807, 2.05) is 0 Å². The summed E-state index contributed by atoms with van der Waals surface area (Å²) in [6.45, 7) is 3.67. The number of carbonyl (C=O) groups excluding carboxylic acids is 1. The van der Waals surface area contributed by atoms with Gasteiger partial charge in [-0.15, -0.1) is 0 Å². The summed E-state index contributed by atoms with van der Waals surface area (Å²) in [7, 11) is 2.14. The average Bonchev–Trinajstić information content (AvgIpc) is 3.29. The molecule has 0 atom stereocenters. The van der Waals surface area contributed by atoms with Gasteiger partial charge in [-0.2, -0.15) is 18.2 Å². The number of benzene rings is 1. The van der Waals surface area contributed by atoms with E-state index in [9.17, 15) is 18.0 Å². The Morgan fingerprint density at radius 2 is 1.97 bits per heavy atom. The van der Waals surface area contributed by atoms with Crippen LogP contribution in [0.5, 0.6) is 0 Å². The van der Waals surface area contributed by atoms with Crippen molar-refractivity contribution in [2.45, 2.75) is 6.18 Å². The van der Waals surface area contributed by atoms with Crippen molar-refractivity contribution >= 4 is 28.9 Å². The summed E-state index contributed by atoms with van der Waals surface area (Å²) in [6.07, 6.45) is -2.83. The minimum Gasteiger partial charge on any atom is -0.457 e. The standard InChI is InChI=1S/C20H18F3N3O2S/c1-25-7-9-26(10-8-25)19-24-18(27)17(29-19)12-15-5-6-16(28-15)13-3-2-4-14(11-13)20(21,22)23/h2-6,11-12H,7-10H2,1H3/p+1/b17-12-. The largest absolute Gasteiger partial charge is 0.457 e. The second kappa shape index (κ2) is 7.72. The van der Waals surface area contributed by atoms with Gasteiger partial charge in [-0.1, -0.05) is 12.1 Å². The zero-order valence-corrected chi connectivity index (χ0v) is 16.4. The summed E-state index contributed by atoms with van der Waals surface area (Å²) < 4.78 is 44.4. The molecule has 0 bridgehead atoms. The smallest absolute Gasteiger partial charge is 0.416 e. The van der Waals surface area contributed by atoms with Crippen LogP contribution >= 0.6 is 11.8 Å². The summed E-state index contributed by atoms with van der Waals surface area (Å²) >= 11 is 1.30. The Bertz CT molecular complexity index is 989. The van der Waals surface area contributed by atoms with Crippen LogP contribution < -0.4 is 4.90 Å². The first-order valence-corrected chi connectivity index (χ1v) is 9.97. The molecule has 3 heterocycles. The quantitative estimate of drug-likeness (QED) is 0.757. The molecule has 2 aromatic rings. The summed E-state index contributed by atoms with van der Waals surface area (Å²) in [5.41, 5.74) is -0.411. The number of alkyl halides is 3. The van der Waals surface area contributed by atoms with E-state index >= 15 is 0 Å². The highest BCUT2D eigenvalue weighted by molar-refractivity contribution is 8.18. The molecule has 1 N–H and O–H groups in total. The fourth-order valence-corrected chi connectivity index (χ4v) is 4.12. The number of piperazine rings is 1. The molecule has 2 aliphatic heterocycles. The number of aliphatic imine (C=N–C) groups is 1. The predicted molar refractivity (Wildman–Crippen MR) is 105 cm³/mol. The number of rotatable bonds is 2. The second-order valence-corrected chi connectivity index (χ2v) is 8.04. The van der Waals surface area contributed by atoms with Crippen molar-refractivity contribution in [3.05, 3.63) is 52.6 Å². The van der Waals surface area contributed by atoms with E-state index in [1.54, 1.807) is 24.3 Å². The van der Waals surface area contributed by atoms with Crippen molar-refractivity contribution in [1.82, 2.24) is 4.90 Å². The van der Waals surface area contributed by atoms with Crippen LogP contribution in [-0.2, 0) is 11.0 Å². The molecule has 0 aliphatic carbocycles. The number of thioether (sulfide) groups is 1. The number of hydrogen-bond acceptors (Lipinski definition) is 4. The van der Waals surface area contributed by atoms with Gasteiger partial charge in [0.05, 0.1) is 43.7 Å². The van der Waals surface area contributed by atoms with Gasteiger partial charge in [0.15, 0.2) is 5.17 Å². The van der Waals surface area contributed by atoms with Crippen LogP contribution in [0, 0.1) is 0 Å². The first-order valence-electron chi connectivity index (χ1n) is 9.16. The van der Waals surface area contributed by atoms with E-state index in [-0.39, 0.29) is 5.91 Å². The second-order valence-electron chi connectivity index (χ2n) is 7.03. The fraction of sp³-hybridized carbons (Fsp3) is 0.300. The molecule has 5 nitrogen and oxygen atoms in total. The van der Waals surface area contributed by atoms with Crippen LogP contribution in [0.25, 0.3) is 17.4 Å². The average molecular weight is 422 g/mol. The Balaban J connectivity index is 1.50. The topological polar surface area (TPSA) is 50.2 Å². The van der Waals surface area contributed by atoms with Crippen LogP contribution in [0.3, 0.4) is 0 Å². The SMILES string of the molecule is C[NH+]1CCN(C2=NC(=O)/C(=C/c3ccc(-c4cccc(C(F)(F)F)c4)o3)S2)CC1. The molecule has 29 heavy (non-hydrogen) atoms. The number of halogens is 3. The number of likely N-dealkylation sites (N-methyl/N-ethyl adjacent to an activating group) is 1. The van der Waals surface area contributed by atoms with Gasteiger partial charge in [-0.3, -0.25) is 4.79 Å². The first-order chi connectivity index (χ1) is 13.8. The first kappa shape index (κ1) is 19.8. The molecule has 1 aromatic heterocycles. The van der Waals surface area contributed by atoms with Crippen molar-refractivity contribution < 1.29 is 27.3 Å². The van der Waals surface area contributed by atoms with Crippen LogP contribution in [-0.4, -0.2) is 49.2 Å². The molecular weight excluding hydrogens is 403 g/mol. The number of nitrogens with zero attached hydrogens (tertiary/aromatic N) is 2. The fourth-order valence-electron chi connectivity index (χ4n) is 3.18. The third kappa shape index (κ3) is 4.40. The van der Waals surface area contributed by atoms with E-state index in [1.165, 1.54) is 22.7 Å². The van der Waals surface area contributed by atoms with Crippen LogP contribution in [0.15, 0.2) is 50.7 Å². The molecule has 0 saturated carbocycles. The van der Waals surface area contributed by atoms with Crippen molar-refractivity contribution in [2.75, 3.05) is 33.2 Å². The lowest BCUT2D eigenvalue weighted by Crippen LogP contribution is -3.12. The normalized spacial score (nSPS) is 19.9. The number of nitrogens with one attached hydrogen (secondary N) is 1. The molecule has 0 radical (unpaired) electrons. The van der Waals surface area contributed by atoms with E-state index < -0.39 is 11.7 Å². The van der Waals surface area contributed by atoms with Gasteiger partial charge in [0.2, 0.25) is 0 Å². The maximum Gasteiger partial charge on any atom is 0.416 e. The van der Waals surface area contributed by atoms with Crippen LogP contribution in [0.2, 0.25) is 0 Å². The zero-order valence-electron chi connectivity index (χ0n) is 15.6. The highest BCUT2D eigenvalue weighted by Crippen LogP contribution is 2.34. The Morgan fingerprint density at radius 3 is 2.69 bits per heavy atom. The summed E-state index contributed by atoms with van der Waals surface area (Å²) in [5, 5.41) is 0.693. The lowest BCUT2D eigenvalue weighted by atomic mass is 10.1. The lowest BCUT2D eigenvalue weighted by Gasteiger charge is -2.30. The Morgan fingerprint density at radius 1 is 1.21 bits per heavy atom. The van der Waals surface area contributed by atoms with Crippen molar-refractivity contribution in [2.24, 2.45) is 4.99 Å². The third-order valence-corrected chi connectivity index (χ3v) is 5.92. The molecule has 0 spiro atoms. The highest BCUT2D eigenvalue weighted by atomic mass is 32.2. The number of hydrogen-bond donors (Lipinski definition) is 1. The molecule has 152 valence electrons. The number of amidine groups is 1. The van der Waals surface area contributed by atoms with Gasteiger partial charge in [0, 0.05) is 11.6 Å². The lowest BCUT2D eigenvalue weighted by molar-refractivity contribution is -0.883. The van der Waals surface area contributed by atoms with E-state index in [4.69, 9.17) is 4.42 Å². The van der Waals surface area contributed by atoms with Crippen molar-refractivity contribution in [3.63, 3.8) is 0 Å². The maximum absolute atomic E-state index is 12.9. The molecule has 4 rings (SSSR count). The van der Waals surface area contributed by atoms with Crippen LogP contribution in [0.1, 0.15) is 11.3 Å². The van der Waals surface area contributed by atoms with Gasteiger partial charge in [0.1, 0.15) is 11.5 Å². The number of furan rings is 1. The van der Waals surface area contributed by atoms with Gasteiger partial charge >= 0.3 is 6.18 Å². The third-order valence-electron chi connectivity index (χ3n) is 4.87. The molecular formula is C20H19F3N3O2S+. The minimum atomic E-state index is -4.42. The van der Waals surface area contributed by atoms with Crippen molar-refractivity contribution in [3.8, 4) is 11.3 Å². The zero-order chi connectivity index (χ0) is 20.6. The van der Waals surface area contributed by atoms with Gasteiger partial charge in [-0.05, 0) is 36.0 Å². The minimum absolute atomic E-state index is 0.307. The molecule has 2 aliphatic rings. The monoisotopic (exact) mass is 422 g/mol. The number of amides is 1. The number of quaternary nitrogens is 1. The molecule has 1 saturated heterocycles. The summed E-state index contributed by atoms with van der Waals surface area (Å²) in [5.74, 6) is 0.377. The number of carbonyl (C=O) groups is 1. The van der Waals surface area contributed by atoms with Crippen LogP contribution in [0.4, 0.5) is 13.2 Å². The molecule has 0 unspecified atom stereocenters. The van der Waals surface area contributed by atoms with Gasteiger partial charge in [0.25, 0.3) is 5.91 Å². The Kier molecular flexibility index (Phi) is 5.26. The molecule has 1 fully saturated rings. The maximum atomic E-state index is 12.9. The predicted octanol–water partition coefficient (Wildman–Crippen LogP) is 2.77. The molecule has 9 heteroatoms. The van der Waals surface area contributed by atoms with Gasteiger partial charge < -0.3 is 14.2 Å². The molecule has 1 aromatic carbocycles. The van der Waals surface area contributed by atoms with E-state index in [0.717, 1.165) is 38.3 Å². The van der Waals surface area contributed by atoms with E-state index in [0.29, 0.717) is 27.2 Å². The highest BCUT2D eigenvalue weighted by Gasteiger charge is 2.31. The summed E-state index contributed by atoms with van der Waals surface area (Å²) in [6, 6.07) is 8.18.